The molecule has 0 bridgehead atoms. The number of aryl methyl sites for hydroxylation is 1. The first-order valence-electron chi connectivity index (χ1n) is 4.77. The van der Waals surface area contributed by atoms with Gasteiger partial charge in [-0.2, -0.15) is 18.3 Å². The van der Waals surface area contributed by atoms with Gasteiger partial charge in [0.25, 0.3) is 0 Å². The van der Waals surface area contributed by atoms with Gasteiger partial charge in [0.1, 0.15) is 0 Å². The van der Waals surface area contributed by atoms with E-state index < -0.39 is 11.7 Å². The molecular weight excluding hydrogens is 297 g/mol. The Labute approximate surface area is 104 Å². The summed E-state index contributed by atoms with van der Waals surface area (Å²) in [5.74, 6) is 0. The molecule has 1 aromatic carbocycles. The molecule has 90 valence electrons. The van der Waals surface area contributed by atoms with E-state index >= 15 is 0 Å². The minimum absolute atomic E-state index is 0.590. The Bertz CT molecular complexity index is 509. The topological polar surface area (TPSA) is 17.8 Å². The molecule has 2 nitrogen and oxygen atoms in total. The molecule has 0 spiro atoms. The largest absolute Gasteiger partial charge is 0.416 e. The van der Waals surface area contributed by atoms with E-state index in [1.165, 1.54) is 16.8 Å². The third-order valence-electron chi connectivity index (χ3n) is 2.30. The summed E-state index contributed by atoms with van der Waals surface area (Å²) in [5.41, 5.74) is 0.709. The van der Waals surface area contributed by atoms with Crippen LogP contribution >= 0.6 is 15.9 Å². The van der Waals surface area contributed by atoms with Crippen LogP contribution in [0.1, 0.15) is 11.3 Å². The van der Waals surface area contributed by atoms with Gasteiger partial charge in [0.2, 0.25) is 0 Å². The minimum atomic E-state index is -4.31. The fraction of sp³-hybridized carbons (Fsp3) is 0.182. The molecule has 0 saturated heterocycles. The zero-order valence-corrected chi connectivity index (χ0v) is 10.4. The Morgan fingerprint density at radius 2 is 1.76 bits per heavy atom. The van der Waals surface area contributed by atoms with Gasteiger partial charge in [0, 0.05) is 6.20 Å². The zero-order valence-electron chi connectivity index (χ0n) is 8.79. The second kappa shape index (κ2) is 4.18. The minimum Gasteiger partial charge on any atom is -0.240 e. The lowest BCUT2D eigenvalue weighted by Gasteiger charge is -2.07. The van der Waals surface area contributed by atoms with Gasteiger partial charge in [-0.15, -0.1) is 0 Å². The monoisotopic (exact) mass is 304 g/mol. The first-order valence-corrected chi connectivity index (χ1v) is 5.56. The van der Waals surface area contributed by atoms with Crippen LogP contribution in [0, 0.1) is 6.92 Å². The Hall–Kier alpha value is -1.30. The number of hydrogen-bond donors (Lipinski definition) is 0. The summed E-state index contributed by atoms with van der Waals surface area (Å²) in [4.78, 5) is 0. The molecule has 0 unspecified atom stereocenters. The van der Waals surface area contributed by atoms with Crippen molar-refractivity contribution in [1.29, 1.82) is 0 Å². The van der Waals surface area contributed by atoms with E-state index in [-0.39, 0.29) is 0 Å². The third-order valence-corrected chi connectivity index (χ3v) is 3.08. The first-order chi connectivity index (χ1) is 7.88. The van der Waals surface area contributed by atoms with Crippen LogP contribution in [0.4, 0.5) is 13.2 Å². The molecule has 0 aliphatic carbocycles. The molecule has 0 saturated carbocycles. The molecule has 1 aromatic heterocycles. The van der Waals surface area contributed by atoms with E-state index in [2.05, 4.69) is 21.0 Å². The molecule has 2 rings (SSSR count). The summed E-state index contributed by atoms with van der Waals surface area (Å²) in [6.07, 6.45) is -2.60. The molecule has 17 heavy (non-hydrogen) atoms. The van der Waals surface area contributed by atoms with Crippen LogP contribution in [-0.4, -0.2) is 9.78 Å². The predicted octanol–water partition coefficient (Wildman–Crippen LogP) is 3.96. The molecule has 6 heteroatoms. The molecule has 0 amide bonds. The van der Waals surface area contributed by atoms with Crippen LogP contribution in [0.2, 0.25) is 0 Å². The van der Waals surface area contributed by atoms with Gasteiger partial charge >= 0.3 is 6.18 Å². The van der Waals surface area contributed by atoms with Crippen LogP contribution in [0.5, 0.6) is 0 Å². The van der Waals surface area contributed by atoms with Crippen LogP contribution in [0.3, 0.4) is 0 Å². The lowest BCUT2D eigenvalue weighted by molar-refractivity contribution is -0.137. The smallest absolute Gasteiger partial charge is 0.240 e. The molecule has 1 heterocycles. The van der Waals surface area contributed by atoms with Crippen molar-refractivity contribution < 1.29 is 13.2 Å². The van der Waals surface area contributed by atoms with Gasteiger partial charge in [-0.25, -0.2) is 4.68 Å². The van der Waals surface area contributed by atoms with E-state index in [0.29, 0.717) is 5.69 Å². The highest BCUT2D eigenvalue weighted by Crippen LogP contribution is 2.29. The zero-order chi connectivity index (χ0) is 12.6. The molecule has 0 aliphatic rings. The van der Waals surface area contributed by atoms with Gasteiger partial charge < -0.3 is 0 Å². The molecule has 0 atom stereocenters. The number of aromatic nitrogens is 2. The second-order valence-corrected chi connectivity index (χ2v) is 4.41. The van der Waals surface area contributed by atoms with Crippen molar-refractivity contribution >= 4 is 15.9 Å². The van der Waals surface area contributed by atoms with Crippen molar-refractivity contribution in [2.24, 2.45) is 0 Å². The number of benzene rings is 1. The highest BCUT2D eigenvalue weighted by Gasteiger charge is 2.30. The van der Waals surface area contributed by atoms with E-state index in [1.54, 1.807) is 6.20 Å². The number of alkyl halides is 3. The van der Waals surface area contributed by atoms with Crippen LogP contribution in [0.15, 0.2) is 34.9 Å². The second-order valence-electron chi connectivity index (χ2n) is 3.55. The molecule has 0 N–H and O–H groups in total. The quantitative estimate of drug-likeness (QED) is 0.780. The fourth-order valence-corrected chi connectivity index (χ4v) is 1.65. The van der Waals surface area contributed by atoms with E-state index in [9.17, 15) is 13.2 Å². The SMILES string of the molecule is Cc1nn(-c2ccc(C(F)(F)F)cc2)cc1Br. The molecule has 0 radical (unpaired) electrons. The lowest BCUT2D eigenvalue weighted by atomic mass is 10.2. The van der Waals surface area contributed by atoms with Crippen molar-refractivity contribution in [2.75, 3.05) is 0 Å². The Balaban J connectivity index is 2.36. The molecular formula is C11H8BrF3N2. The maximum atomic E-state index is 12.4. The number of hydrogen-bond acceptors (Lipinski definition) is 1. The average molecular weight is 305 g/mol. The van der Waals surface area contributed by atoms with Crippen molar-refractivity contribution in [2.45, 2.75) is 13.1 Å². The highest BCUT2D eigenvalue weighted by molar-refractivity contribution is 9.10. The van der Waals surface area contributed by atoms with E-state index in [4.69, 9.17) is 0 Å². The first kappa shape index (κ1) is 12.2. The van der Waals surface area contributed by atoms with Crippen LogP contribution in [0.25, 0.3) is 5.69 Å². The van der Waals surface area contributed by atoms with Crippen molar-refractivity contribution in [3.63, 3.8) is 0 Å². The van der Waals surface area contributed by atoms with Crippen molar-refractivity contribution in [3.05, 3.63) is 46.2 Å². The summed E-state index contributed by atoms with van der Waals surface area (Å²) >= 11 is 3.30. The van der Waals surface area contributed by atoms with Gasteiger partial charge in [-0.3, -0.25) is 0 Å². The van der Waals surface area contributed by atoms with Gasteiger partial charge in [0.05, 0.1) is 21.4 Å². The van der Waals surface area contributed by atoms with E-state index in [0.717, 1.165) is 22.3 Å². The summed E-state index contributed by atoms with van der Waals surface area (Å²) in [7, 11) is 0. The molecule has 0 aliphatic heterocycles. The summed E-state index contributed by atoms with van der Waals surface area (Å²) in [6.45, 7) is 1.81. The lowest BCUT2D eigenvalue weighted by Crippen LogP contribution is -2.05. The number of halogens is 4. The summed E-state index contributed by atoms with van der Waals surface area (Å²) < 4.78 is 39.4. The summed E-state index contributed by atoms with van der Waals surface area (Å²) in [6, 6.07) is 4.86. The Morgan fingerprint density at radius 1 is 1.18 bits per heavy atom. The molecule has 0 fully saturated rings. The standard InChI is InChI=1S/C11H8BrF3N2/c1-7-10(12)6-17(16-7)9-4-2-8(3-5-9)11(13,14)15/h2-6H,1H3. The normalized spacial score (nSPS) is 11.8. The van der Waals surface area contributed by atoms with Gasteiger partial charge in [-0.05, 0) is 47.1 Å². The average Bonchev–Trinajstić information content (AvgIpc) is 2.58. The maximum Gasteiger partial charge on any atom is 0.416 e. The summed E-state index contributed by atoms with van der Waals surface area (Å²) in [5, 5.41) is 4.16. The maximum absolute atomic E-state index is 12.4. The van der Waals surface area contributed by atoms with Gasteiger partial charge in [-0.1, -0.05) is 0 Å². The number of nitrogens with zero attached hydrogens (tertiary/aromatic N) is 2. The van der Waals surface area contributed by atoms with Gasteiger partial charge in [0.15, 0.2) is 0 Å². The molecule has 2 aromatic rings. The fourth-order valence-electron chi connectivity index (χ4n) is 1.37. The highest BCUT2D eigenvalue weighted by atomic mass is 79.9. The Kier molecular flexibility index (Phi) is 2.99. The van der Waals surface area contributed by atoms with E-state index in [1.807, 2.05) is 6.92 Å². The van der Waals surface area contributed by atoms with Crippen molar-refractivity contribution in [1.82, 2.24) is 9.78 Å². The van der Waals surface area contributed by atoms with Crippen LogP contribution < -0.4 is 0 Å². The third kappa shape index (κ3) is 2.52. The number of rotatable bonds is 1. The van der Waals surface area contributed by atoms with Crippen LogP contribution in [-0.2, 0) is 6.18 Å². The van der Waals surface area contributed by atoms with Crippen molar-refractivity contribution in [3.8, 4) is 5.69 Å². The predicted molar refractivity (Wildman–Crippen MR) is 61.0 cm³/mol. The Morgan fingerprint density at radius 3 is 2.18 bits per heavy atom.